The summed E-state index contributed by atoms with van der Waals surface area (Å²) in [5.41, 5.74) is 4.47. The van der Waals surface area contributed by atoms with Crippen molar-refractivity contribution in [2.75, 3.05) is 16.1 Å². The number of nitrogens with zero attached hydrogens (tertiary/aromatic N) is 3. The molecular formula is C18H20N8O. The maximum atomic E-state index is 9.22. The number of fused-ring (bicyclic) bond motifs is 1. The second-order valence-electron chi connectivity index (χ2n) is 5.81. The molecule has 27 heavy (non-hydrogen) atoms. The fourth-order valence-electron chi connectivity index (χ4n) is 2.48. The lowest BCUT2D eigenvalue weighted by Crippen LogP contribution is -2.16. The number of pyridine rings is 1. The van der Waals surface area contributed by atoms with Crippen molar-refractivity contribution >= 4 is 34.2 Å². The Morgan fingerprint density at radius 2 is 2.11 bits per heavy atom. The number of hydrogen-bond donors (Lipinski definition) is 6. The molecule has 0 aliphatic heterocycles. The van der Waals surface area contributed by atoms with Gasteiger partial charge in [0.15, 0.2) is 17.5 Å². The molecule has 3 aromatic rings. The van der Waals surface area contributed by atoms with Crippen molar-refractivity contribution in [1.29, 1.82) is 5.41 Å². The molecule has 0 aliphatic rings. The Hall–Kier alpha value is -3.72. The molecule has 9 nitrogen and oxygen atoms in total. The fraction of sp³-hybridized carbons (Fsp3) is 0.111. The monoisotopic (exact) mass is 364 g/mol. The van der Waals surface area contributed by atoms with E-state index in [2.05, 4.69) is 31.0 Å². The van der Waals surface area contributed by atoms with Crippen molar-refractivity contribution in [2.24, 2.45) is 5.84 Å². The fourth-order valence-corrected chi connectivity index (χ4v) is 2.48. The van der Waals surface area contributed by atoms with Crippen molar-refractivity contribution in [2.45, 2.75) is 13.5 Å². The van der Waals surface area contributed by atoms with Gasteiger partial charge in [0.2, 0.25) is 0 Å². The van der Waals surface area contributed by atoms with Gasteiger partial charge < -0.3 is 21.2 Å². The zero-order valence-corrected chi connectivity index (χ0v) is 14.7. The van der Waals surface area contributed by atoms with Gasteiger partial charge in [0.25, 0.3) is 0 Å². The second kappa shape index (κ2) is 8.11. The third kappa shape index (κ3) is 4.67. The van der Waals surface area contributed by atoms with Crippen molar-refractivity contribution in [3.8, 4) is 0 Å². The van der Waals surface area contributed by atoms with E-state index in [4.69, 9.17) is 11.3 Å². The average molecular weight is 364 g/mol. The van der Waals surface area contributed by atoms with E-state index in [1.165, 1.54) is 19.2 Å². The summed E-state index contributed by atoms with van der Waals surface area (Å²) in [4.78, 5) is 12.9. The number of hydrogen-bond acceptors (Lipinski definition) is 8. The van der Waals surface area contributed by atoms with Crippen LogP contribution in [0.5, 0.6) is 0 Å². The summed E-state index contributed by atoms with van der Waals surface area (Å²) in [5, 5.41) is 24.0. The highest BCUT2D eigenvalue weighted by molar-refractivity contribution is 6.01. The van der Waals surface area contributed by atoms with Crippen molar-refractivity contribution < 1.29 is 5.11 Å². The number of aliphatic hydroxyl groups is 1. The molecule has 2 heterocycles. The number of rotatable bonds is 6. The molecule has 2 aromatic heterocycles. The molecule has 0 bridgehead atoms. The Kier molecular flexibility index (Phi) is 5.43. The van der Waals surface area contributed by atoms with Gasteiger partial charge in [-0.05, 0) is 30.7 Å². The number of aromatic nitrogens is 3. The first kappa shape index (κ1) is 18.1. The predicted molar refractivity (Wildman–Crippen MR) is 107 cm³/mol. The molecule has 1 aromatic carbocycles. The van der Waals surface area contributed by atoms with Gasteiger partial charge >= 0.3 is 0 Å². The number of allylic oxidation sites excluding steroid dienone is 1. The Balaban J connectivity index is 1.76. The van der Waals surface area contributed by atoms with Crippen LogP contribution in [0.2, 0.25) is 0 Å². The third-order valence-corrected chi connectivity index (χ3v) is 3.65. The largest absolute Gasteiger partial charge is 0.512 e. The standard InChI is InChI=1S/C18H20N8O/c1-11(27)7-15(19)24-16-10-23-18(26-20)17(25-16)22-9-12-4-5-14-13(8-12)3-2-6-21-14/h2-8,10,27H,9,20H2,1H3,(H,23,26)(H3,19,22,24,25)/b11-7-. The Morgan fingerprint density at radius 3 is 2.89 bits per heavy atom. The van der Waals surface area contributed by atoms with Crippen molar-refractivity contribution in [3.63, 3.8) is 0 Å². The first-order valence-electron chi connectivity index (χ1n) is 8.19. The molecule has 0 aliphatic carbocycles. The second-order valence-corrected chi connectivity index (χ2v) is 5.81. The zero-order chi connectivity index (χ0) is 19.2. The number of hydrazine groups is 1. The van der Waals surface area contributed by atoms with Gasteiger partial charge in [0, 0.05) is 24.2 Å². The van der Waals surface area contributed by atoms with Crippen LogP contribution in [-0.2, 0) is 6.54 Å². The summed E-state index contributed by atoms with van der Waals surface area (Å²) in [6, 6.07) is 9.89. The number of nitrogen functional groups attached to an aromatic ring is 1. The summed E-state index contributed by atoms with van der Waals surface area (Å²) in [7, 11) is 0. The van der Waals surface area contributed by atoms with Gasteiger partial charge in [0.05, 0.1) is 17.5 Å². The number of benzene rings is 1. The molecule has 0 spiro atoms. The summed E-state index contributed by atoms with van der Waals surface area (Å²) in [6.45, 7) is 1.99. The smallest absolute Gasteiger partial charge is 0.183 e. The van der Waals surface area contributed by atoms with Gasteiger partial charge in [-0.2, -0.15) is 0 Å². The van der Waals surface area contributed by atoms with E-state index in [0.29, 0.717) is 24.0 Å². The molecule has 3 rings (SSSR count). The summed E-state index contributed by atoms with van der Waals surface area (Å²) >= 11 is 0. The minimum absolute atomic E-state index is 0.00858. The third-order valence-electron chi connectivity index (χ3n) is 3.65. The van der Waals surface area contributed by atoms with Crippen LogP contribution >= 0.6 is 0 Å². The van der Waals surface area contributed by atoms with Crippen LogP contribution in [0, 0.1) is 5.41 Å². The topological polar surface area (TPSA) is 145 Å². The molecule has 0 unspecified atom stereocenters. The molecule has 0 saturated carbocycles. The number of aliphatic hydroxyl groups excluding tert-OH is 1. The van der Waals surface area contributed by atoms with Crippen LogP contribution in [0.3, 0.4) is 0 Å². The van der Waals surface area contributed by atoms with E-state index >= 15 is 0 Å². The minimum Gasteiger partial charge on any atom is -0.512 e. The first-order valence-corrected chi connectivity index (χ1v) is 8.19. The van der Waals surface area contributed by atoms with Gasteiger partial charge in [-0.15, -0.1) is 0 Å². The normalized spacial score (nSPS) is 11.3. The van der Waals surface area contributed by atoms with Gasteiger partial charge in [-0.3, -0.25) is 10.4 Å². The summed E-state index contributed by atoms with van der Waals surface area (Å²) < 4.78 is 0. The first-order chi connectivity index (χ1) is 13.0. The highest BCUT2D eigenvalue weighted by Gasteiger charge is 2.08. The SMILES string of the molecule is C/C(O)=C/C(=N)Nc1cnc(NN)c(NCc2ccc3ncccc3c2)n1. The minimum atomic E-state index is -0.00858. The maximum Gasteiger partial charge on any atom is 0.183 e. The highest BCUT2D eigenvalue weighted by Crippen LogP contribution is 2.20. The van der Waals surface area contributed by atoms with E-state index in [9.17, 15) is 5.11 Å². The number of amidine groups is 1. The van der Waals surface area contributed by atoms with Crippen LogP contribution in [0.1, 0.15) is 12.5 Å². The Labute approximate surface area is 155 Å². The lowest BCUT2D eigenvalue weighted by molar-refractivity contribution is 0.415. The molecule has 0 saturated heterocycles. The van der Waals surface area contributed by atoms with Crippen LogP contribution in [0.4, 0.5) is 17.5 Å². The number of nitrogens with two attached hydrogens (primary N) is 1. The van der Waals surface area contributed by atoms with E-state index in [1.807, 2.05) is 30.3 Å². The molecule has 9 heteroatoms. The van der Waals surface area contributed by atoms with Crippen molar-refractivity contribution in [3.05, 3.63) is 60.1 Å². The predicted octanol–water partition coefficient (Wildman–Crippen LogP) is 2.77. The van der Waals surface area contributed by atoms with Crippen LogP contribution < -0.4 is 21.9 Å². The van der Waals surface area contributed by atoms with Crippen LogP contribution in [0.25, 0.3) is 10.9 Å². The summed E-state index contributed by atoms with van der Waals surface area (Å²) in [5.74, 6) is 6.68. The van der Waals surface area contributed by atoms with Crippen molar-refractivity contribution in [1.82, 2.24) is 15.0 Å². The number of nitrogens with one attached hydrogen (secondary N) is 4. The average Bonchev–Trinajstić information content (AvgIpc) is 2.65. The molecule has 7 N–H and O–H groups in total. The molecule has 138 valence electrons. The van der Waals surface area contributed by atoms with E-state index < -0.39 is 0 Å². The molecule has 0 radical (unpaired) electrons. The Bertz CT molecular complexity index is 998. The molecule has 0 fully saturated rings. The molecule has 0 atom stereocenters. The van der Waals surface area contributed by atoms with Crippen LogP contribution in [-0.4, -0.2) is 25.9 Å². The molecule has 0 amide bonds. The Morgan fingerprint density at radius 1 is 1.26 bits per heavy atom. The van der Waals surface area contributed by atoms with Gasteiger partial charge in [0.1, 0.15) is 5.84 Å². The highest BCUT2D eigenvalue weighted by atomic mass is 16.3. The quantitative estimate of drug-likeness (QED) is 0.129. The summed E-state index contributed by atoms with van der Waals surface area (Å²) in [6.07, 6.45) is 4.47. The van der Waals surface area contributed by atoms with Gasteiger partial charge in [-0.25, -0.2) is 15.8 Å². The lowest BCUT2D eigenvalue weighted by Gasteiger charge is -2.12. The van der Waals surface area contributed by atoms with Crippen LogP contribution in [0.15, 0.2) is 54.6 Å². The maximum absolute atomic E-state index is 9.22. The number of anilines is 3. The van der Waals surface area contributed by atoms with Gasteiger partial charge in [-0.1, -0.05) is 12.1 Å². The van der Waals surface area contributed by atoms with E-state index in [-0.39, 0.29) is 11.6 Å². The zero-order valence-electron chi connectivity index (χ0n) is 14.7. The lowest BCUT2D eigenvalue weighted by atomic mass is 10.1. The van der Waals surface area contributed by atoms with E-state index in [1.54, 1.807) is 6.20 Å². The van der Waals surface area contributed by atoms with E-state index in [0.717, 1.165) is 16.5 Å². The molecular weight excluding hydrogens is 344 g/mol.